The van der Waals surface area contributed by atoms with Crippen LogP contribution in [0.4, 0.5) is 0 Å². The van der Waals surface area contributed by atoms with E-state index in [2.05, 4.69) is 0 Å². The summed E-state index contributed by atoms with van der Waals surface area (Å²) in [7, 11) is 0. The van der Waals surface area contributed by atoms with E-state index < -0.39 is 47.3 Å². The number of carbonyl (C=O) groups is 8. The highest BCUT2D eigenvalue weighted by Crippen LogP contribution is 2.18. The fourth-order valence-corrected chi connectivity index (χ4v) is 2.83. The van der Waals surface area contributed by atoms with Crippen molar-refractivity contribution in [2.24, 2.45) is 45.9 Å². The minimum Gasteiger partial charge on any atom is -0.366 e. The van der Waals surface area contributed by atoms with E-state index in [0.717, 1.165) is 24.3 Å². The fraction of sp³-hybridized carbons (Fsp3) is 0. The maximum atomic E-state index is 11.1. The molecule has 8 amide bonds. The van der Waals surface area contributed by atoms with Gasteiger partial charge in [0.25, 0.3) is 0 Å². The van der Waals surface area contributed by atoms with Crippen LogP contribution in [-0.2, 0) is 0 Å². The first-order valence-corrected chi connectivity index (χ1v) is 9.25. The van der Waals surface area contributed by atoms with Crippen LogP contribution in [0.15, 0.2) is 24.3 Å². The summed E-state index contributed by atoms with van der Waals surface area (Å²) in [6, 6.07) is 3.69. The number of hydrogen-bond acceptors (Lipinski definition) is 8. The molecule has 0 fully saturated rings. The smallest absolute Gasteiger partial charge is 0.249 e. The summed E-state index contributed by atoms with van der Waals surface area (Å²) in [6.07, 6.45) is 0. The van der Waals surface area contributed by atoms with Gasteiger partial charge in [-0.3, -0.25) is 38.4 Å². The number of hydrogen-bond donors (Lipinski definition) is 8. The number of benzene rings is 2. The topological polar surface area (TPSA) is 345 Å². The molecule has 0 atom stereocenters. The van der Waals surface area contributed by atoms with E-state index in [9.17, 15) is 38.4 Å². The second-order valence-corrected chi connectivity index (χ2v) is 6.80. The molecule has 0 bridgehead atoms. The molecule has 0 heterocycles. The summed E-state index contributed by atoms with van der Waals surface area (Å²) in [5, 5.41) is 0. The monoisotopic (exact) mass is 500 g/mol. The number of rotatable bonds is 8. The molecule has 0 aromatic heterocycles. The van der Waals surface area contributed by atoms with Crippen molar-refractivity contribution >= 4 is 47.3 Å². The standard InChI is InChI=1S/2C10H10N4O4/c2*11-7(15)3-1-4(8(12)16)6(10(14)18)2-5(3)9(13)17/h2*1-2H,(H2,11,15)(H2,12,16)(H2,13,17)(H2,14,18). The lowest BCUT2D eigenvalue weighted by molar-refractivity contribution is 0.0956. The van der Waals surface area contributed by atoms with Gasteiger partial charge in [0.15, 0.2) is 0 Å². The Kier molecular flexibility index (Phi) is 8.53. The molecule has 0 spiro atoms. The van der Waals surface area contributed by atoms with Crippen LogP contribution in [0.1, 0.15) is 82.9 Å². The molecular formula is C20H20N8O8. The first kappa shape index (κ1) is 28.2. The summed E-state index contributed by atoms with van der Waals surface area (Å²) in [5.74, 6) is -7.87. The van der Waals surface area contributed by atoms with Gasteiger partial charge in [0.1, 0.15) is 0 Å². The van der Waals surface area contributed by atoms with Crippen molar-refractivity contribution in [1.82, 2.24) is 0 Å². The van der Waals surface area contributed by atoms with Crippen LogP contribution in [0.2, 0.25) is 0 Å². The second kappa shape index (κ2) is 10.9. The molecule has 0 unspecified atom stereocenters. The molecule has 188 valence electrons. The van der Waals surface area contributed by atoms with E-state index in [0.29, 0.717) is 0 Å². The van der Waals surface area contributed by atoms with Gasteiger partial charge < -0.3 is 45.9 Å². The zero-order valence-corrected chi connectivity index (χ0v) is 18.2. The van der Waals surface area contributed by atoms with Crippen molar-refractivity contribution in [3.05, 3.63) is 68.8 Å². The Labute approximate surface area is 200 Å². The summed E-state index contributed by atoms with van der Waals surface area (Å²) in [5.41, 5.74) is 37.8. The second-order valence-electron chi connectivity index (χ2n) is 6.80. The van der Waals surface area contributed by atoms with E-state index in [-0.39, 0.29) is 44.5 Å². The van der Waals surface area contributed by atoms with Gasteiger partial charge in [0, 0.05) is 0 Å². The normalized spacial score (nSPS) is 9.78. The van der Waals surface area contributed by atoms with E-state index in [1.54, 1.807) is 0 Å². The molecular weight excluding hydrogens is 480 g/mol. The van der Waals surface area contributed by atoms with Gasteiger partial charge in [-0.1, -0.05) is 0 Å². The number of amides is 8. The Morgan fingerprint density at radius 2 is 0.361 bits per heavy atom. The van der Waals surface area contributed by atoms with Crippen LogP contribution >= 0.6 is 0 Å². The molecule has 2 aromatic rings. The fourth-order valence-electron chi connectivity index (χ4n) is 2.83. The highest BCUT2D eigenvalue weighted by atomic mass is 16.2. The lowest BCUT2D eigenvalue weighted by Crippen LogP contribution is -2.26. The van der Waals surface area contributed by atoms with Crippen LogP contribution in [0, 0.1) is 0 Å². The van der Waals surface area contributed by atoms with Crippen molar-refractivity contribution in [2.75, 3.05) is 0 Å². The van der Waals surface area contributed by atoms with Crippen LogP contribution in [0.5, 0.6) is 0 Å². The Bertz CT molecular complexity index is 1070. The Balaban J connectivity index is 0.000000360. The minimum atomic E-state index is -0.984. The van der Waals surface area contributed by atoms with Crippen LogP contribution in [-0.4, -0.2) is 47.3 Å². The third-order valence-corrected chi connectivity index (χ3v) is 4.44. The Morgan fingerprint density at radius 3 is 0.417 bits per heavy atom. The van der Waals surface area contributed by atoms with Gasteiger partial charge in [0.2, 0.25) is 47.3 Å². The van der Waals surface area contributed by atoms with Crippen LogP contribution < -0.4 is 45.9 Å². The molecule has 0 radical (unpaired) electrons. The summed E-state index contributed by atoms with van der Waals surface area (Å²) in [6.45, 7) is 0. The zero-order valence-electron chi connectivity index (χ0n) is 18.2. The lowest BCUT2D eigenvalue weighted by Gasteiger charge is -2.09. The van der Waals surface area contributed by atoms with Gasteiger partial charge in [0.05, 0.1) is 44.5 Å². The maximum Gasteiger partial charge on any atom is 0.249 e. The van der Waals surface area contributed by atoms with E-state index in [1.165, 1.54) is 0 Å². The third-order valence-electron chi connectivity index (χ3n) is 4.44. The molecule has 0 saturated heterocycles. The van der Waals surface area contributed by atoms with Crippen molar-refractivity contribution in [3.8, 4) is 0 Å². The van der Waals surface area contributed by atoms with Crippen molar-refractivity contribution in [2.45, 2.75) is 0 Å². The third kappa shape index (κ3) is 6.16. The Morgan fingerprint density at radius 1 is 0.278 bits per heavy atom. The van der Waals surface area contributed by atoms with Crippen molar-refractivity contribution in [3.63, 3.8) is 0 Å². The van der Waals surface area contributed by atoms with Crippen LogP contribution in [0.3, 0.4) is 0 Å². The molecule has 16 heteroatoms. The molecule has 0 saturated carbocycles. The molecule has 0 aliphatic rings. The average molecular weight is 500 g/mol. The lowest BCUT2D eigenvalue weighted by atomic mass is 9.96. The summed E-state index contributed by atoms with van der Waals surface area (Å²) in [4.78, 5) is 89.0. The number of carbonyl (C=O) groups excluding carboxylic acids is 8. The maximum absolute atomic E-state index is 11.1. The molecule has 36 heavy (non-hydrogen) atoms. The molecule has 16 N–H and O–H groups in total. The first-order valence-electron chi connectivity index (χ1n) is 9.25. The molecule has 0 aliphatic heterocycles. The molecule has 0 aliphatic carbocycles. The summed E-state index contributed by atoms with van der Waals surface area (Å²) >= 11 is 0. The quantitative estimate of drug-likeness (QED) is 0.177. The van der Waals surface area contributed by atoms with Gasteiger partial charge >= 0.3 is 0 Å². The number of nitrogens with two attached hydrogens (primary N) is 8. The highest BCUT2D eigenvalue weighted by molar-refractivity contribution is 6.14. The highest BCUT2D eigenvalue weighted by Gasteiger charge is 2.23. The van der Waals surface area contributed by atoms with Gasteiger partial charge in [-0.15, -0.1) is 0 Å². The molecule has 2 rings (SSSR count). The van der Waals surface area contributed by atoms with Crippen LogP contribution in [0.25, 0.3) is 0 Å². The van der Waals surface area contributed by atoms with Gasteiger partial charge in [-0.2, -0.15) is 0 Å². The zero-order chi connectivity index (χ0) is 28.1. The number of primary amides is 8. The Hall–Kier alpha value is -5.80. The molecule has 2 aromatic carbocycles. The van der Waals surface area contributed by atoms with Gasteiger partial charge in [-0.05, 0) is 24.3 Å². The average Bonchev–Trinajstić information content (AvgIpc) is 2.76. The van der Waals surface area contributed by atoms with Crippen molar-refractivity contribution in [1.29, 1.82) is 0 Å². The largest absolute Gasteiger partial charge is 0.366 e. The first-order chi connectivity index (χ1) is 16.5. The van der Waals surface area contributed by atoms with E-state index >= 15 is 0 Å². The van der Waals surface area contributed by atoms with Crippen molar-refractivity contribution < 1.29 is 38.4 Å². The SMILES string of the molecule is NC(=O)c1cc(C(N)=O)c(C(N)=O)cc1C(N)=O.NC(=O)c1cc(C(N)=O)c(C(N)=O)cc1C(N)=O. The molecule has 16 nitrogen and oxygen atoms in total. The minimum absolute atomic E-state index is 0.304. The predicted molar refractivity (Wildman–Crippen MR) is 121 cm³/mol. The van der Waals surface area contributed by atoms with E-state index in [1.807, 2.05) is 0 Å². The predicted octanol–water partition coefficient (Wildman–Crippen LogP) is -3.84. The van der Waals surface area contributed by atoms with E-state index in [4.69, 9.17) is 45.9 Å². The summed E-state index contributed by atoms with van der Waals surface area (Å²) < 4.78 is 0. The van der Waals surface area contributed by atoms with Gasteiger partial charge in [-0.25, -0.2) is 0 Å².